The number of aliphatic imine (C=N–C) groups is 1. The maximum atomic E-state index is 4.14. The fraction of sp³-hybridized carbons (Fsp3) is 0.125. The second kappa shape index (κ2) is 3.53. The van der Waals surface area contributed by atoms with E-state index in [0.29, 0.717) is 0 Å². The molecule has 0 saturated heterocycles. The highest BCUT2D eigenvalue weighted by molar-refractivity contribution is 9.12. The molecular formula is C8H9BrN2. The van der Waals surface area contributed by atoms with Crippen LogP contribution in [0.5, 0.6) is 0 Å². The maximum absolute atomic E-state index is 4.14. The molecule has 3 heteroatoms. The first-order valence-electron chi connectivity index (χ1n) is 3.22. The van der Waals surface area contributed by atoms with Gasteiger partial charge in [-0.05, 0) is 34.5 Å². The maximum Gasteiger partial charge on any atom is 0.132 e. The lowest BCUT2D eigenvalue weighted by atomic mass is 10.4. The summed E-state index contributed by atoms with van der Waals surface area (Å²) < 4.78 is 0.770. The normalized spacial score (nSPS) is 10.7. The minimum atomic E-state index is 0.770. The van der Waals surface area contributed by atoms with Crippen molar-refractivity contribution >= 4 is 28.0 Å². The number of aromatic amines is 1. The number of allylic oxidation sites excluding steroid dienone is 1. The van der Waals surface area contributed by atoms with Gasteiger partial charge in [-0.25, -0.2) is 4.99 Å². The van der Waals surface area contributed by atoms with Crippen LogP contribution in [0, 0.1) is 6.92 Å². The van der Waals surface area contributed by atoms with Gasteiger partial charge in [0.15, 0.2) is 0 Å². The highest BCUT2D eigenvalue weighted by Crippen LogP contribution is 2.14. The molecule has 0 amide bonds. The molecule has 0 bridgehead atoms. The summed E-state index contributed by atoms with van der Waals surface area (Å²) in [6, 6.07) is 1.98. The van der Waals surface area contributed by atoms with Crippen molar-refractivity contribution in [1.82, 2.24) is 4.98 Å². The van der Waals surface area contributed by atoms with Crippen LogP contribution in [-0.2, 0) is 0 Å². The number of hydrogen-bond donors (Lipinski definition) is 1. The number of hydrogen-bond acceptors (Lipinski definition) is 1. The molecular weight excluding hydrogens is 204 g/mol. The Labute approximate surface area is 74.2 Å². The molecule has 1 N–H and O–H groups in total. The highest BCUT2D eigenvalue weighted by atomic mass is 79.9. The SMILES string of the molecule is C=C(Br)C=Nc1[nH]ccc1C. The molecule has 0 aliphatic carbocycles. The molecule has 2 nitrogen and oxygen atoms in total. The first kappa shape index (κ1) is 8.27. The number of aryl methyl sites for hydroxylation is 1. The van der Waals surface area contributed by atoms with Crippen LogP contribution >= 0.6 is 15.9 Å². The lowest BCUT2D eigenvalue weighted by molar-refractivity contribution is 1.32. The summed E-state index contributed by atoms with van der Waals surface area (Å²) in [4.78, 5) is 7.14. The van der Waals surface area contributed by atoms with E-state index in [-0.39, 0.29) is 0 Å². The largest absolute Gasteiger partial charge is 0.346 e. The fourth-order valence-corrected chi connectivity index (χ4v) is 0.814. The van der Waals surface area contributed by atoms with Gasteiger partial charge in [0.05, 0.1) is 0 Å². The smallest absolute Gasteiger partial charge is 0.132 e. The molecule has 1 aromatic rings. The Kier molecular flexibility index (Phi) is 2.65. The predicted molar refractivity (Wildman–Crippen MR) is 51.7 cm³/mol. The van der Waals surface area contributed by atoms with E-state index in [1.54, 1.807) is 6.21 Å². The molecule has 0 unspecified atom stereocenters. The minimum absolute atomic E-state index is 0.770. The van der Waals surface area contributed by atoms with E-state index in [0.717, 1.165) is 15.9 Å². The van der Waals surface area contributed by atoms with Crippen molar-refractivity contribution in [3.05, 3.63) is 28.9 Å². The molecule has 0 spiro atoms. The molecule has 0 fully saturated rings. The lowest BCUT2D eigenvalue weighted by Crippen LogP contribution is -1.71. The van der Waals surface area contributed by atoms with Crippen LogP contribution in [0.1, 0.15) is 5.56 Å². The third kappa shape index (κ3) is 2.35. The Balaban J connectivity index is 2.79. The number of halogens is 1. The van der Waals surface area contributed by atoms with E-state index in [1.165, 1.54) is 0 Å². The van der Waals surface area contributed by atoms with Crippen LogP contribution in [-0.4, -0.2) is 11.2 Å². The predicted octanol–water partition coefficient (Wildman–Crippen LogP) is 2.93. The third-order valence-electron chi connectivity index (χ3n) is 1.26. The molecule has 0 atom stereocenters. The van der Waals surface area contributed by atoms with E-state index in [9.17, 15) is 0 Å². The van der Waals surface area contributed by atoms with Crippen molar-refractivity contribution < 1.29 is 0 Å². The van der Waals surface area contributed by atoms with E-state index in [2.05, 4.69) is 32.5 Å². The summed E-state index contributed by atoms with van der Waals surface area (Å²) in [5.41, 5.74) is 1.13. The second-order valence-corrected chi connectivity index (χ2v) is 3.23. The van der Waals surface area contributed by atoms with E-state index in [4.69, 9.17) is 0 Å². The van der Waals surface area contributed by atoms with Gasteiger partial charge < -0.3 is 4.98 Å². The first-order valence-corrected chi connectivity index (χ1v) is 4.02. The Morgan fingerprint density at radius 3 is 3.00 bits per heavy atom. The standard InChI is InChI=1S/C8H9BrN2/c1-6-3-4-10-8(6)11-5-7(2)9/h3-5,10H,2H2,1H3. The lowest BCUT2D eigenvalue weighted by Gasteiger charge is -1.88. The van der Waals surface area contributed by atoms with Gasteiger partial charge in [-0.3, -0.25) is 0 Å². The van der Waals surface area contributed by atoms with Crippen LogP contribution in [0.15, 0.2) is 28.3 Å². The number of rotatable bonds is 2. The van der Waals surface area contributed by atoms with Gasteiger partial charge in [-0.1, -0.05) is 6.58 Å². The minimum Gasteiger partial charge on any atom is -0.346 e. The molecule has 1 rings (SSSR count). The van der Waals surface area contributed by atoms with E-state index >= 15 is 0 Å². The number of aromatic nitrogens is 1. The summed E-state index contributed by atoms with van der Waals surface area (Å²) >= 11 is 3.19. The second-order valence-electron chi connectivity index (χ2n) is 2.21. The van der Waals surface area contributed by atoms with Gasteiger partial charge in [-0.15, -0.1) is 0 Å². The number of nitrogens with zero attached hydrogens (tertiary/aromatic N) is 1. The van der Waals surface area contributed by atoms with Crippen LogP contribution in [0.4, 0.5) is 5.82 Å². The van der Waals surface area contributed by atoms with Gasteiger partial charge in [-0.2, -0.15) is 0 Å². The Morgan fingerprint density at radius 2 is 2.55 bits per heavy atom. The zero-order valence-corrected chi connectivity index (χ0v) is 7.85. The molecule has 58 valence electrons. The van der Waals surface area contributed by atoms with E-state index < -0.39 is 0 Å². The van der Waals surface area contributed by atoms with Crippen molar-refractivity contribution in [1.29, 1.82) is 0 Å². The molecule has 1 aromatic heterocycles. The van der Waals surface area contributed by atoms with Gasteiger partial charge in [0, 0.05) is 16.9 Å². The Hall–Kier alpha value is -0.830. The molecule has 0 radical (unpaired) electrons. The fourth-order valence-electron chi connectivity index (χ4n) is 0.712. The van der Waals surface area contributed by atoms with E-state index in [1.807, 2.05) is 19.2 Å². The number of H-pyrrole nitrogens is 1. The zero-order valence-electron chi connectivity index (χ0n) is 6.26. The summed E-state index contributed by atoms with van der Waals surface area (Å²) in [7, 11) is 0. The van der Waals surface area contributed by atoms with Gasteiger partial charge in [0.2, 0.25) is 0 Å². The summed E-state index contributed by atoms with van der Waals surface area (Å²) in [5.74, 6) is 0.880. The molecule has 0 aromatic carbocycles. The van der Waals surface area contributed by atoms with Crippen molar-refractivity contribution in [2.24, 2.45) is 4.99 Å². The zero-order chi connectivity index (χ0) is 8.27. The molecule has 11 heavy (non-hydrogen) atoms. The third-order valence-corrected chi connectivity index (χ3v) is 1.47. The van der Waals surface area contributed by atoms with Gasteiger partial charge >= 0.3 is 0 Å². The Morgan fingerprint density at radius 1 is 1.82 bits per heavy atom. The summed E-state index contributed by atoms with van der Waals surface area (Å²) in [5, 5.41) is 0. The van der Waals surface area contributed by atoms with Crippen LogP contribution in [0.25, 0.3) is 0 Å². The molecule has 1 heterocycles. The molecule has 0 saturated carbocycles. The summed E-state index contributed by atoms with van der Waals surface area (Å²) in [6.45, 7) is 5.64. The Bertz CT molecular complexity index is 286. The highest BCUT2D eigenvalue weighted by Gasteiger charge is 1.92. The van der Waals surface area contributed by atoms with Crippen molar-refractivity contribution in [3.63, 3.8) is 0 Å². The van der Waals surface area contributed by atoms with Crippen molar-refractivity contribution in [2.45, 2.75) is 6.92 Å². The van der Waals surface area contributed by atoms with Crippen molar-refractivity contribution in [3.8, 4) is 0 Å². The average Bonchev–Trinajstić information content (AvgIpc) is 2.31. The molecule has 0 aliphatic heterocycles. The van der Waals surface area contributed by atoms with Crippen LogP contribution in [0.2, 0.25) is 0 Å². The van der Waals surface area contributed by atoms with Gasteiger partial charge in [0.25, 0.3) is 0 Å². The monoisotopic (exact) mass is 212 g/mol. The van der Waals surface area contributed by atoms with Crippen molar-refractivity contribution in [2.75, 3.05) is 0 Å². The average molecular weight is 213 g/mol. The quantitative estimate of drug-likeness (QED) is 0.731. The summed E-state index contributed by atoms with van der Waals surface area (Å²) in [6.07, 6.45) is 3.53. The van der Waals surface area contributed by atoms with Crippen LogP contribution < -0.4 is 0 Å². The first-order chi connectivity index (χ1) is 5.20. The van der Waals surface area contributed by atoms with Gasteiger partial charge in [0.1, 0.15) is 5.82 Å². The molecule has 0 aliphatic rings. The topological polar surface area (TPSA) is 28.1 Å². The number of nitrogens with one attached hydrogen (secondary N) is 1. The van der Waals surface area contributed by atoms with Crippen LogP contribution in [0.3, 0.4) is 0 Å².